The van der Waals surface area contributed by atoms with Gasteiger partial charge in [0.2, 0.25) is 0 Å². The molecule has 0 bridgehead atoms. The molecule has 1 heterocycles. The smallest absolute Gasteiger partial charge is 0.330 e. The summed E-state index contributed by atoms with van der Waals surface area (Å²) in [6, 6.07) is 0. The van der Waals surface area contributed by atoms with E-state index in [1.807, 2.05) is 0 Å². The van der Waals surface area contributed by atoms with Gasteiger partial charge in [-0.1, -0.05) is 19.7 Å². The van der Waals surface area contributed by atoms with Gasteiger partial charge in [-0.25, -0.2) is 9.59 Å². The normalized spacial score (nSPS) is 19.5. The van der Waals surface area contributed by atoms with Gasteiger partial charge in [-0.2, -0.15) is 0 Å². The second-order valence-electron chi connectivity index (χ2n) is 8.89. The second-order valence-corrected chi connectivity index (χ2v) is 8.89. The molecule has 0 aromatic rings. The summed E-state index contributed by atoms with van der Waals surface area (Å²) in [6.07, 6.45) is -6.28. The topological polar surface area (TPSA) is 212 Å². The molecule has 0 aromatic heterocycles. The van der Waals surface area contributed by atoms with Crippen molar-refractivity contribution in [3.05, 3.63) is 38.2 Å². The van der Waals surface area contributed by atoms with E-state index in [4.69, 9.17) is 37.9 Å². The minimum Gasteiger partial charge on any atom is -0.499 e. The lowest BCUT2D eigenvalue weighted by Gasteiger charge is -2.33. The Morgan fingerprint density at radius 1 is 0.756 bits per heavy atom. The first kappa shape index (κ1) is 36.6. The molecule has 1 aliphatic rings. The molecule has 8 atom stereocenters. The molecule has 5 N–H and O–H groups in total. The van der Waals surface area contributed by atoms with E-state index in [0.29, 0.717) is 6.61 Å². The molecule has 0 spiro atoms. The Labute approximate surface area is 238 Å². The number of hydrogen-bond acceptors (Lipinski definition) is 15. The number of hydrogen-bond donors (Lipinski definition) is 5. The first-order valence-corrected chi connectivity index (χ1v) is 12.8. The third-order valence-corrected chi connectivity index (χ3v) is 5.24. The van der Waals surface area contributed by atoms with E-state index in [-0.39, 0.29) is 45.7 Å². The van der Waals surface area contributed by atoms with Crippen molar-refractivity contribution in [2.24, 2.45) is 0 Å². The van der Waals surface area contributed by atoms with Crippen molar-refractivity contribution in [3.8, 4) is 0 Å². The number of aliphatic hydroxyl groups excluding tert-OH is 5. The molecule has 1 rings (SSSR count). The van der Waals surface area contributed by atoms with Crippen molar-refractivity contribution in [2.75, 3.05) is 66.1 Å². The number of aliphatic hydroxyl groups is 5. The zero-order valence-corrected chi connectivity index (χ0v) is 22.9. The summed E-state index contributed by atoms with van der Waals surface area (Å²) >= 11 is 0. The number of ether oxygens (including phenoxy) is 8. The Morgan fingerprint density at radius 3 is 1.83 bits per heavy atom. The monoisotopic (exact) mass is 594 g/mol. The van der Waals surface area contributed by atoms with E-state index in [1.54, 1.807) is 0 Å². The fourth-order valence-corrected chi connectivity index (χ4v) is 3.04. The Balaban J connectivity index is 2.84. The summed E-state index contributed by atoms with van der Waals surface area (Å²) in [4.78, 5) is 22.4. The van der Waals surface area contributed by atoms with E-state index < -0.39 is 74.5 Å². The summed E-state index contributed by atoms with van der Waals surface area (Å²) in [5.74, 6) is -1.49. The molecule has 0 aliphatic carbocycles. The van der Waals surface area contributed by atoms with Crippen LogP contribution >= 0.6 is 0 Å². The first-order chi connectivity index (χ1) is 19.6. The molecule has 1 aliphatic heterocycles. The van der Waals surface area contributed by atoms with Crippen LogP contribution in [-0.4, -0.2) is 152 Å². The molecular formula is C26H42O15. The molecule has 0 amide bonds. The van der Waals surface area contributed by atoms with Crippen molar-refractivity contribution >= 4 is 11.9 Å². The van der Waals surface area contributed by atoms with Gasteiger partial charge in [0.15, 0.2) is 0 Å². The average molecular weight is 595 g/mol. The van der Waals surface area contributed by atoms with Crippen LogP contribution in [0, 0.1) is 0 Å². The Hall–Kier alpha value is -2.44. The maximum atomic E-state index is 11.3. The fourth-order valence-electron chi connectivity index (χ4n) is 3.04. The molecule has 1 saturated heterocycles. The van der Waals surface area contributed by atoms with Crippen LogP contribution in [-0.2, 0) is 47.5 Å². The molecule has 15 heteroatoms. The van der Waals surface area contributed by atoms with E-state index >= 15 is 0 Å². The summed E-state index contributed by atoms with van der Waals surface area (Å²) in [6.45, 7) is 7.94. The van der Waals surface area contributed by atoms with Gasteiger partial charge in [0.25, 0.3) is 0 Å². The van der Waals surface area contributed by atoms with Crippen LogP contribution in [0.1, 0.15) is 0 Å². The quantitative estimate of drug-likeness (QED) is 0.0306. The number of esters is 2. The fraction of sp³-hybridized carbons (Fsp3) is 0.692. The summed E-state index contributed by atoms with van der Waals surface area (Å²) in [7, 11) is 0. The van der Waals surface area contributed by atoms with Crippen LogP contribution in [0.4, 0.5) is 0 Å². The highest BCUT2D eigenvalue weighted by molar-refractivity contribution is 5.81. The zero-order chi connectivity index (χ0) is 30.6. The van der Waals surface area contributed by atoms with Crippen molar-refractivity contribution < 1.29 is 73.0 Å². The minimum atomic E-state index is -1.67. The Morgan fingerprint density at radius 2 is 1.29 bits per heavy atom. The molecular weight excluding hydrogens is 552 g/mol. The van der Waals surface area contributed by atoms with E-state index in [1.165, 1.54) is 6.26 Å². The molecule has 8 unspecified atom stereocenters. The number of carbonyl (C=O) groups is 2. The maximum absolute atomic E-state index is 11.3. The van der Waals surface area contributed by atoms with Crippen LogP contribution < -0.4 is 0 Å². The average Bonchev–Trinajstić information content (AvgIpc) is 3.80. The molecule has 0 saturated carbocycles. The number of epoxide rings is 1. The SMILES string of the molecule is C=COCC(O)COCC(OCC1CO1)C(OCC(O)COC(=O)C=C)C(O)C(O)COCC(O)COC(=O)C=C. The van der Waals surface area contributed by atoms with Gasteiger partial charge in [0.05, 0.1) is 52.5 Å². The lowest BCUT2D eigenvalue weighted by Crippen LogP contribution is -2.51. The third kappa shape index (κ3) is 17.2. The number of carbonyl (C=O) groups excluding carboxylic acids is 2. The molecule has 15 nitrogen and oxygen atoms in total. The zero-order valence-electron chi connectivity index (χ0n) is 22.9. The highest BCUT2D eigenvalue weighted by atomic mass is 16.6. The molecule has 0 radical (unpaired) electrons. The van der Waals surface area contributed by atoms with Gasteiger partial charge in [-0.15, -0.1) is 0 Å². The van der Waals surface area contributed by atoms with Crippen molar-refractivity contribution in [1.29, 1.82) is 0 Å². The third-order valence-electron chi connectivity index (χ3n) is 5.24. The molecule has 0 aromatic carbocycles. The minimum absolute atomic E-state index is 0.0716. The lowest BCUT2D eigenvalue weighted by molar-refractivity contribution is -0.185. The van der Waals surface area contributed by atoms with Crippen molar-refractivity contribution in [3.63, 3.8) is 0 Å². The largest absolute Gasteiger partial charge is 0.499 e. The van der Waals surface area contributed by atoms with Gasteiger partial charge in [0, 0.05) is 12.2 Å². The molecule has 1 fully saturated rings. The van der Waals surface area contributed by atoms with Crippen molar-refractivity contribution in [1.82, 2.24) is 0 Å². The summed E-state index contributed by atoms with van der Waals surface area (Å²) < 4.78 is 41.8. The van der Waals surface area contributed by atoms with Gasteiger partial charge < -0.3 is 63.4 Å². The van der Waals surface area contributed by atoms with E-state index in [2.05, 4.69) is 19.7 Å². The highest BCUT2D eigenvalue weighted by Crippen LogP contribution is 2.18. The van der Waals surface area contributed by atoms with Crippen LogP contribution in [0.15, 0.2) is 38.2 Å². The Kier molecular flexibility index (Phi) is 19.0. The van der Waals surface area contributed by atoms with Gasteiger partial charge in [0.1, 0.15) is 68.7 Å². The molecule has 41 heavy (non-hydrogen) atoms. The van der Waals surface area contributed by atoms with E-state index in [9.17, 15) is 35.1 Å². The van der Waals surface area contributed by atoms with Crippen molar-refractivity contribution in [2.45, 2.75) is 48.8 Å². The maximum Gasteiger partial charge on any atom is 0.330 e. The van der Waals surface area contributed by atoms with Gasteiger partial charge in [-0.05, 0) is 0 Å². The predicted molar refractivity (Wildman–Crippen MR) is 139 cm³/mol. The highest BCUT2D eigenvalue weighted by Gasteiger charge is 2.37. The van der Waals surface area contributed by atoms with Gasteiger partial charge in [-0.3, -0.25) is 0 Å². The summed E-state index contributed by atoms with van der Waals surface area (Å²) in [5.41, 5.74) is 0. The van der Waals surface area contributed by atoms with Crippen LogP contribution in [0.5, 0.6) is 0 Å². The Bertz CT molecular complexity index is 774. The lowest BCUT2D eigenvalue weighted by atomic mass is 10.0. The second kappa shape index (κ2) is 21.3. The first-order valence-electron chi connectivity index (χ1n) is 12.8. The summed E-state index contributed by atoms with van der Waals surface area (Å²) in [5, 5.41) is 51.6. The predicted octanol–water partition coefficient (Wildman–Crippen LogP) is -2.39. The van der Waals surface area contributed by atoms with Gasteiger partial charge >= 0.3 is 11.9 Å². The van der Waals surface area contributed by atoms with E-state index in [0.717, 1.165) is 12.2 Å². The van der Waals surface area contributed by atoms with Crippen LogP contribution in [0.2, 0.25) is 0 Å². The number of rotatable bonds is 26. The standard InChI is InChI=1S/C26H42O15/c1-4-23(31)39-10-18(28)9-35-15-21(30)25(33)26(41-12-19(29)11-40-24(32)5-2)22(38-14-20-13-37-20)16-36-8-17(27)7-34-6-3/h4-6,17-22,25-30,33H,1-3,7-16H2. The van der Waals surface area contributed by atoms with Crippen LogP contribution in [0.3, 0.4) is 0 Å². The van der Waals surface area contributed by atoms with Crippen LogP contribution in [0.25, 0.3) is 0 Å². The molecule has 236 valence electrons.